The van der Waals surface area contributed by atoms with Crippen LogP contribution in [0.5, 0.6) is 5.75 Å². The van der Waals surface area contributed by atoms with Gasteiger partial charge in [0.15, 0.2) is 6.29 Å². The van der Waals surface area contributed by atoms with Gasteiger partial charge in [-0.15, -0.1) is 0 Å². The van der Waals surface area contributed by atoms with Crippen LogP contribution in [0.1, 0.15) is 15.9 Å². The van der Waals surface area contributed by atoms with E-state index in [4.69, 9.17) is 5.11 Å². The molecule has 1 aromatic rings. The van der Waals surface area contributed by atoms with Gasteiger partial charge in [0.2, 0.25) is 0 Å². The van der Waals surface area contributed by atoms with Gasteiger partial charge in [0.05, 0.1) is 5.56 Å². The Morgan fingerprint density at radius 3 is 2.31 bits per heavy atom. The number of aromatic hydroxyl groups is 1. The first-order chi connectivity index (χ1) is 6.15. The third-order valence-electron chi connectivity index (χ3n) is 1.31. The smallest absolute Gasteiger partial charge is 0.153 e. The summed E-state index contributed by atoms with van der Waals surface area (Å²) in [6, 6.07) is 4.94. The van der Waals surface area contributed by atoms with Crippen molar-refractivity contribution in [3.63, 3.8) is 0 Å². The summed E-state index contributed by atoms with van der Waals surface area (Å²) in [4.78, 5) is 10.2. The Hall–Kier alpha value is -1.35. The third-order valence-corrected chi connectivity index (χ3v) is 1.31. The molecule has 0 bridgehead atoms. The first-order valence-corrected chi connectivity index (χ1v) is 3.99. The first kappa shape index (κ1) is 11.6. The molecule has 0 unspecified atom stereocenters. The van der Waals surface area contributed by atoms with E-state index in [0.717, 1.165) is 5.56 Å². The molecular formula is C10H15NO2. The Bertz CT molecular complexity index is 272. The zero-order valence-corrected chi connectivity index (χ0v) is 8.16. The highest BCUT2D eigenvalue weighted by Gasteiger charge is 1.96. The lowest BCUT2D eigenvalue weighted by Gasteiger charge is -1.96. The number of aryl methyl sites for hydroxylation is 1. The van der Waals surface area contributed by atoms with Crippen LogP contribution in [0.2, 0.25) is 0 Å². The lowest BCUT2D eigenvalue weighted by molar-refractivity contribution is 0.112. The highest BCUT2D eigenvalue weighted by atomic mass is 16.3. The largest absolute Gasteiger partial charge is 0.507 e. The predicted molar refractivity (Wildman–Crippen MR) is 53.2 cm³/mol. The van der Waals surface area contributed by atoms with E-state index in [0.29, 0.717) is 11.8 Å². The normalized spacial score (nSPS) is 8.54. The Kier molecular flexibility index (Phi) is 5.55. The number of nitrogens with one attached hydrogen (secondary N) is 1. The van der Waals surface area contributed by atoms with Gasteiger partial charge in [-0.05, 0) is 38.7 Å². The van der Waals surface area contributed by atoms with Gasteiger partial charge in [-0.25, -0.2) is 0 Å². The second-order valence-corrected chi connectivity index (χ2v) is 2.68. The summed E-state index contributed by atoms with van der Waals surface area (Å²) in [5, 5.41) is 11.8. The quantitative estimate of drug-likeness (QED) is 0.643. The Morgan fingerprint density at radius 1 is 1.38 bits per heavy atom. The van der Waals surface area contributed by atoms with E-state index in [1.54, 1.807) is 18.2 Å². The van der Waals surface area contributed by atoms with Crippen molar-refractivity contribution in [1.29, 1.82) is 0 Å². The number of hydrogen-bond acceptors (Lipinski definition) is 3. The number of phenols is 1. The number of carbonyl (C=O) groups is 1. The third kappa shape index (κ3) is 4.28. The molecule has 0 atom stereocenters. The summed E-state index contributed by atoms with van der Waals surface area (Å²) in [5.74, 6) is 0.0509. The van der Waals surface area contributed by atoms with Crippen LogP contribution in [0, 0.1) is 6.92 Å². The second-order valence-electron chi connectivity index (χ2n) is 2.68. The van der Waals surface area contributed by atoms with Crippen LogP contribution in [-0.4, -0.2) is 25.5 Å². The van der Waals surface area contributed by atoms with E-state index in [1.807, 2.05) is 21.0 Å². The molecule has 72 valence electrons. The molecular weight excluding hydrogens is 166 g/mol. The molecule has 2 N–H and O–H groups in total. The molecule has 0 aromatic heterocycles. The fraction of sp³-hybridized carbons (Fsp3) is 0.300. The number of hydrogen-bond donors (Lipinski definition) is 2. The molecule has 0 radical (unpaired) electrons. The van der Waals surface area contributed by atoms with Crippen molar-refractivity contribution < 1.29 is 9.90 Å². The van der Waals surface area contributed by atoms with Crippen LogP contribution in [0.15, 0.2) is 18.2 Å². The fourth-order valence-corrected chi connectivity index (χ4v) is 0.753. The lowest BCUT2D eigenvalue weighted by Crippen LogP contribution is -1.89. The molecule has 3 nitrogen and oxygen atoms in total. The van der Waals surface area contributed by atoms with Gasteiger partial charge in [-0.3, -0.25) is 4.79 Å². The van der Waals surface area contributed by atoms with Gasteiger partial charge in [-0.1, -0.05) is 6.07 Å². The molecule has 3 heteroatoms. The van der Waals surface area contributed by atoms with E-state index in [1.165, 1.54) is 0 Å². The Labute approximate surface area is 78.4 Å². The van der Waals surface area contributed by atoms with E-state index in [2.05, 4.69) is 5.32 Å². The molecule has 0 fully saturated rings. The number of phenolic OH excluding ortho intramolecular Hbond substituents is 1. The van der Waals surface area contributed by atoms with Gasteiger partial charge in [-0.2, -0.15) is 0 Å². The van der Waals surface area contributed by atoms with Crippen molar-refractivity contribution in [3.05, 3.63) is 29.3 Å². The topological polar surface area (TPSA) is 49.3 Å². The lowest BCUT2D eigenvalue weighted by atomic mass is 10.1. The van der Waals surface area contributed by atoms with Crippen molar-refractivity contribution in [1.82, 2.24) is 5.32 Å². The van der Waals surface area contributed by atoms with Crippen LogP contribution >= 0.6 is 0 Å². The highest BCUT2D eigenvalue weighted by Crippen LogP contribution is 2.15. The van der Waals surface area contributed by atoms with Crippen LogP contribution in [0.4, 0.5) is 0 Å². The molecule has 0 saturated heterocycles. The average Bonchev–Trinajstić information content (AvgIpc) is 2.06. The van der Waals surface area contributed by atoms with Crippen molar-refractivity contribution in [2.75, 3.05) is 14.1 Å². The molecule has 0 heterocycles. The van der Waals surface area contributed by atoms with Crippen LogP contribution in [0.3, 0.4) is 0 Å². The summed E-state index contributed by atoms with van der Waals surface area (Å²) >= 11 is 0. The van der Waals surface area contributed by atoms with Gasteiger partial charge >= 0.3 is 0 Å². The fourth-order valence-electron chi connectivity index (χ4n) is 0.753. The van der Waals surface area contributed by atoms with Gasteiger partial charge in [0.1, 0.15) is 5.75 Å². The Morgan fingerprint density at radius 2 is 1.92 bits per heavy atom. The maximum Gasteiger partial charge on any atom is 0.153 e. The minimum absolute atomic E-state index is 0.0509. The van der Waals surface area contributed by atoms with E-state index < -0.39 is 0 Å². The summed E-state index contributed by atoms with van der Waals surface area (Å²) in [6.07, 6.45) is 0.634. The van der Waals surface area contributed by atoms with Gasteiger partial charge in [0, 0.05) is 0 Å². The standard InChI is InChI=1S/C8H8O2.C2H7N/c1-6-2-3-7(5-9)8(10)4-6;1-3-2/h2-5,10H,1H3;3H,1-2H3. The first-order valence-electron chi connectivity index (χ1n) is 3.99. The Balaban J connectivity index is 0.000000424. The van der Waals surface area contributed by atoms with Gasteiger partial charge in [0.25, 0.3) is 0 Å². The molecule has 0 aliphatic carbocycles. The average molecular weight is 181 g/mol. The minimum atomic E-state index is 0.0509. The summed E-state index contributed by atoms with van der Waals surface area (Å²) < 4.78 is 0. The van der Waals surface area contributed by atoms with Crippen LogP contribution < -0.4 is 5.32 Å². The zero-order valence-electron chi connectivity index (χ0n) is 8.16. The molecule has 0 saturated carbocycles. The second kappa shape index (κ2) is 6.20. The van der Waals surface area contributed by atoms with Crippen molar-refractivity contribution in [2.24, 2.45) is 0 Å². The molecule has 13 heavy (non-hydrogen) atoms. The molecule has 0 aliphatic heterocycles. The van der Waals surface area contributed by atoms with E-state index >= 15 is 0 Å². The molecule has 0 amide bonds. The van der Waals surface area contributed by atoms with Crippen molar-refractivity contribution in [3.8, 4) is 5.75 Å². The molecule has 0 spiro atoms. The molecule has 1 rings (SSSR count). The summed E-state index contributed by atoms with van der Waals surface area (Å²) in [5.41, 5.74) is 1.29. The highest BCUT2D eigenvalue weighted by molar-refractivity contribution is 5.79. The number of carbonyl (C=O) groups excluding carboxylic acids is 1. The number of aldehydes is 1. The van der Waals surface area contributed by atoms with E-state index in [9.17, 15) is 4.79 Å². The van der Waals surface area contributed by atoms with Crippen molar-refractivity contribution in [2.45, 2.75) is 6.92 Å². The number of benzene rings is 1. The number of rotatable bonds is 1. The molecule has 1 aromatic carbocycles. The van der Waals surface area contributed by atoms with Crippen LogP contribution in [-0.2, 0) is 0 Å². The SMILES string of the molecule is CNC.Cc1ccc(C=O)c(O)c1. The van der Waals surface area contributed by atoms with Crippen molar-refractivity contribution >= 4 is 6.29 Å². The van der Waals surface area contributed by atoms with Crippen LogP contribution in [0.25, 0.3) is 0 Å². The summed E-state index contributed by atoms with van der Waals surface area (Å²) in [7, 11) is 3.75. The minimum Gasteiger partial charge on any atom is -0.507 e. The maximum absolute atomic E-state index is 10.2. The summed E-state index contributed by atoms with van der Waals surface area (Å²) in [6.45, 7) is 1.86. The maximum atomic E-state index is 10.2. The monoisotopic (exact) mass is 181 g/mol. The van der Waals surface area contributed by atoms with E-state index in [-0.39, 0.29) is 5.75 Å². The zero-order chi connectivity index (χ0) is 10.3. The molecule has 0 aliphatic rings. The van der Waals surface area contributed by atoms with Gasteiger partial charge < -0.3 is 10.4 Å². The predicted octanol–water partition coefficient (Wildman–Crippen LogP) is 1.35.